The van der Waals surface area contributed by atoms with Gasteiger partial charge < -0.3 is 5.32 Å². The van der Waals surface area contributed by atoms with Gasteiger partial charge in [0, 0.05) is 10.7 Å². The second kappa shape index (κ2) is 8.68. The summed E-state index contributed by atoms with van der Waals surface area (Å²) >= 11 is 5.96. The third kappa shape index (κ3) is 5.16. The second-order valence-corrected chi connectivity index (χ2v) is 9.02. The Kier molecular flexibility index (Phi) is 6.25. The Morgan fingerprint density at radius 1 is 0.931 bits per heavy atom. The molecule has 0 heterocycles. The van der Waals surface area contributed by atoms with Crippen LogP contribution in [0.2, 0.25) is 5.02 Å². The first kappa shape index (κ1) is 20.9. The lowest BCUT2D eigenvalue weighted by Gasteiger charge is -2.24. The summed E-state index contributed by atoms with van der Waals surface area (Å²) in [7, 11) is -3.94. The molecule has 150 valence electrons. The number of hydrogen-bond donors (Lipinski definition) is 1. The van der Waals surface area contributed by atoms with Gasteiger partial charge in [-0.3, -0.25) is 9.10 Å². The highest BCUT2D eigenvalue weighted by molar-refractivity contribution is 7.92. The van der Waals surface area contributed by atoms with Gasteiger partial charge in [0.25, 0.3) is 10.0 Å². The smallest absolute Gasteiger partial charge is 0.264 e. The van der Waals surface area contributed by atoms with Crippen LogP contribution in [0.1, 0.15) is 11.1 Å². The van der Waals surface area contributed by atoms with Gasteiger partial charge in [-0.2, -0.15) is 0 Å². The van der Waals surface area contributed by atoms with Crippen molar-refractivity contribution in [3.05, 3.63) is 88.9 Å². The van der Waals surface area contributed by atoms with E-state index in [0.29, 0.717) is 16.4 Å². The minimum absolute atomic E-state index is 0.125. The topological polar surface area (TPSA) is 66.5 Å². The summed E-state index contributed by atoms with van der Waals surface area (Å²) in [6.45, 7) is 3.38. The van der Waals surface area contributed by atoms with Crippen LogP contribution in [0, 0.1) is 13.8 Å². The summed E-state index contributed by atoms with van der Waals surface area (Å²) in [4.78, 5) is 12.8. The molecule has 5 nitrogen and oxygen atoms in total. The first-order chi connectivity index (χ1) is 13.8. The lowest BCUT2D eigenvalue weighted by molar-refractivity contribution is -0.114. The molecule has 0 spiro atoms. The molecule has 0 saturated heterocycles. The van der Waals surface area contributed by atoms with Crippen LogP contribution >= 0.6 is 11.6 Å². The van der Waals surface area contributed by atoms with Gasteiger partial charge in [-0.25, -0.2) is 8.42 Å². The number of anilines is 2. The molecule has 0 fully saturated rings. The van der Waals surface area contributed by atoms with Crippen LogP contribution in [0.5, 0.6) is 0 Å². The summed E-state index contributed by atoms with van der Waals surface area (Å²) in [5, 5.41) is 3.18. The van der Waals surface area contributed by atoms with Crippen LogP contribution in [-0.4, -0.2) is 20.9 Å². The number of nitrogens with zero attached hydrogens (tertiary/aromatic N) is 1. The van der Waals surface area contributed by atoms with E-state index in [0.717, 1.165) is 15.4 Å². The Morgan fingerprint density at radius 2 is 1.62 bits per heavy atom. The lowest BCUT2D eigenvalue weighted by Crippen LogP contribution is -2.38. The van der Waals surface area contributed by atoms with Crippen molar-refractivity contribution in [2.45, 2.75) is 18.7 Å². The Labute approximate surface area is 176 Å². The molecule has 0 radical (unpaired) electrons. The molecule has 0 atom stereocenters. The van der Waals surface area contributed by atoms with Gasteiger partial charge in [0.05, 0.1) is 10.6 Å². The predicted octanol–water partition coefficient (Wildman–Crippen LogP) is 4.79. The molecule has 0 bridgehead atoms. The van der Waals surface area contributed by atoms with Crippen molar-refractivity contribution in [3.8, 4) is 0 Å². The quantitative estimate of drug-likeness (QED) is 0.613. The Hall–Kier alpha value is -2.83. The lowest BCUT2D eigenvalue weighted by atomic mass is 10.2. The van der Waals surface area contributed by atoms with Crippen LogP contribution in [0.25, 0.3) is 0 Å². The van der Waals surface area contributed by atoms with Crippen LogP contribution in [0.15, 0.2) is 77.7 Å². The average molecular weight is 429 g/mol. The number of halogens is 1. The van der Waals surface area contributed by atoms with Gasteiger partial charge in [-0.05, 0) is 61.9 Å². The molecule has 0 aliphatic rings. The number of nitrogens with one attached hydrogen (secondary N) is 1. The highest BCUT2D eigenvalue weighted by Gasteiger charge is 2.27. The number of carbonyl (C=O) groups excluding carboxylic acids is 1. The molecule has 3 aromatic carbocycles. The second-order valence-electron chi connectivity index (χ2n) is 6.72. The molecule has 1 amide bonds. The molecule has 29 heavy (non-hydrogen) atoms. The molecule has 7 heteroatoms. The molecular formula is C22H21ClN2O3S. The highest BCUT2D eigenvalue weighted by atomic mass is 35.5. The van der Waals surface area contributed by atoms with E-state index < -0.39 is 15.9 Å². The van der Waals surface area contributed by atoms with E-state index in [1.807, 2.05) is 19.9 Å². The minimum Gasteiger partial charge on any atom is -0.324 e. The fraction of sp³-hybridized carbons (Fsp3) is 0.136. The van der Waals surface area contributed by atoms with Crippen molar-refractivity contribution < 1.29 is 13.2 Å². The van der Waals surface area contributed by atoms with Gasteiger partial charge in [0.1, 0.15) is 6.54 Å². The molecule has 0 aromatic heterocycles. The molecule has 0 aliphatic heterocycles. The first-order valence-electron chi connectivity index (χ1n) is 8.97. The van der Waals surface area contributed by atoms with Crippen molar-refractivity contribution >= 4 is 38.9 Å². The van der Waals surface area contributed by atoms with E-state index in [-0.39, 0.29) is 11.4 Å². The minimum atomic E-state index is -3.94. The number of sulfonamides is 1. The molecule has 0 aliphatic carbocycles. The molecule has 0 unspecified atom stereocenters. The summed E-state index contributed by atoms with van der Waals surface area (Å²) < 4.78 is 27.8. The number of aryl methyl sites for hydroxylation is 2. The van der Waals surface area contributed by atoms with Gasteiger partial charge in [-0.15, -0.1) is 0 Å². The maximum absolute atomic E-state index is 13.3. The largest absolute Gasteiger partial charge is 0.324 e. The summed E-state index contributed by atoms with van der Waals surface area (Å²) in [6, 6.07) is 20.3. The third-order valence-electron chi connectivity index (χ3n) is 4.29. The summed E-state index contributed by atoms with van der Waals surface area (Å²) in [5.74, 6) is -0.468. The monoisotopic (exact) mass is 428 g/mol. The highest BCUT2D eigenvalue weighted by Crippen LogP contribution is 2.25. The Bertz CT molecular complexity index is 1130. The SMILES string of the molecule is Cc1ccc(S(=O)(=O)N(CC(=O)Nc2cccc(Cl)c2)c2cccc(C)c2)cc1. The van der Waals surface area contributed by atoms with E-state index in [9.17, 15) is 13.2 Å². The first-order valence-corrected chi connectivity index (χ1v) is 10.8. The number of amides is 1. The number of benzene rings is 3. The van der Waals surface area contributed by atoms with Crippen LogP contribution in [0.3, 0.4) is 0 Å². The zero-order valence-corrected chi connectivity index (χ0v) is 17.7. The summed E-state index contributed by atoms with van der Waals surface area (Å²) in [6.07, 6.45) is 0. The molecule has 0 saturated carbocycles. The standard InChI is InChI=1S/C22H21ClN2O3S/c1-16-9-11-21(12-10-16)29(27,28)25(20-8-3-5-17(2)13-20)15-22(26)24-19-7-4-6-18(23)14-19/h3-14H,15H2,1-2H3,(H,24,26). The molecule has 3 rings (SSSR count). The van der Waals surface area contributed by atoms with E-state index in [1.54, 1.807) is 66.7 Å². The fourth-order valence-electron chi connectivity index (χ4n) is 2.83. The van der Waals surface area contributed by atoms with Crippen molar-refractivity contribution in [1.82, 2.24) is 0 Å². The van der Waals surface area contributed by atoms with Gasteiger partial charge in [-0.1, -0.05) is 47.5 Å². The van der Waals surface area contributed by atoms with E-state index in [2.05, 4.69) is 5.32 Å². The van der Waals surface area contributed by atoms with E-state index >= 15 is 0 Å². The Morgan fingerprint density at radius 3 is 2.28 bits per heavy atom. The molecule has 1 N–H and O–H groups in total. The van der Waals surface area contributed by atoms with Crippen molar-refractivity contribution in [2.75, 3.05) is 16.2 Å². The van der Waals surface area contributed by atoms with E-state index in [4.69, 9.17) is 11.6 Å². The third-order valence-corrected chi connectivity index (χ3v) is 6.32. The van der Waals surface area contributed by atoms with Crippen LogP contribution in [0.4, 0.5) is 11.4 Å². The summed E-state index contributed by atoms with van der Waals surface area (Å²) in [5.41, 5.74) is 2.76. The van der Waals surface area contributed by atoms with Crippen molar-refractivity contribution in [3.63, 3.8) is 0 Å². The normalized spacial score (nSPS) is 11.1. The van der Waals surface area contributed by atoms with Crippen molar-refractivity contribution in [1.29, 1.82) is 0 Å². The number of hydrogen-bond acceptors (Lipinski definition) is 3. The van der Waals surface area contributed by atoms with E-state index in [1.165, 1.54) is 0 Å². The zero-order valence-electron chi connectivity index (χ0n) is 16.1. The maximum Gasteiger partial charge on any atom is 0.264 e. The zero-order chi connectivity index (χ0) is 21.0. The van der Waals surface area contributed by atoms with Crippen molar-refractivity contribution in [2.24, 2.45) is 0 Å². The van der Waals surface area contributed by atoms with Crippen LogP contribution < -0.4 is 9.62 Å². The fourth-order valence-corrected chi connectivity index (χ4v) is 4.44. The Balaban J connectivity index is 1.95. The average Bonchev–Trinajstić information content (AvgIpc) is 2.66. The molecular weight excluding hydrogens is 408 g/mol. The van der Waals surface area contributed by atoms with Gasteiger partial charge in [0.15, 0.2) is 0 Å². The number of rotatable bonds is 6. The predicted molar refractivity (Wildman–Crippen MR) is 117 cm³/mol. The number of carbonyl (C=O) groups is 1. The van der Waals surface area contributed by atoms with Gasteiger partial charge >= 0.3 is 0 Å². The van der Waals surface area contributed by atoms with Gasteiger partial charge in [0.2, 0.25) is 5.91 Å². The maximum atomic E-state index is 13.3. The van der Waals surface area contributed by atoms with Crippen LogP contribution in [-0.2, 0) is 14.8 Å². The molecule has 3 aromatic rings.